The summed E-state index contributed by atoms with van der Waals surface area (Å²) < 4.78 is 5.25. The normalized spacial score (nSPS) is 11.3. The highest BCUT2D eigenvalue weighted by Gasteiger charge is 2.24. The number of halogens is 1. The quantitative estimate of drug-likeness (QED) is 0.473. The molecule has 2 aromatic rings. The van der Waals surface area contributed by atoms with E-state index in [1.807, 2.05) is 24.3 Å². The summed E-state index contributed by atoms with van der Waals surface area (Å²) in [6, 6.07) is 12.1. The number of aryl methyl sites for hydroxylation is 2. The molecule has 0 saturated carbocycles. The van der Waals surface area contributed by atoms with E-state index < -0.39 is 0 Å². The molecule has 0 radical (unpaired) electrons. The van der Waals surface area contributed by atoms with Crippen molar-refractivity contribution >= 4 is 17.4 Å². The first-order valence-corrected chi connectivity index (χ1v) is 9.63. The molecule has 0 amide bonds. The SMILES string of the molecule is C=C(OC)C(C)(C)CCC(=O)Cc1c(C)cc(-c2ccc(Cl)cc2)cc1C. The summed E-state index contributed by atoms with van der Waals surface area (Å²) in [7, 11) is 1.63. The molecule has 0 fully saturated rings. The maximum Gasteiger partial charge on any atom is 0.137 e. The van der Waals surface area contributed by atoms with E-state index in [9.17, 15) is 4.79 Å². The number of hydrogen-bond donors (Lipinski definition) is 0. The summed E-state index contributed by atoms with van der Waals surface area (Å²) in [6.45, 7) is 12.2. The number of carbonyl (C=O) groups excluding carboxylic acids is 1. The number of methoxy groups -OCH3 is 1. The minimum atomic E-state index is -0.201. The molecular weight excluding hydrogens is 356 g/mol. The monoisotopic (exact) mass is 384 g/mol. The third-order valence-corrected chi connectivity index (χ3v) is 5.53. The van der Waals surface area contributed by atoms with Crippen LogP contribution in [0.1, 0.15) is 43.4 Å². The Bertz CT molecular complexity index is 809. The first-order chi connectivity index (χ1) is 12.6. The molecule has 0 aliphatic rings. The highest BCUT2D eigenvalue weighted by Crippen LogP contribution is 2.32. The van der Waals surface area contributed by atoms with Gasteiger partial charge in [0.2, 0.25) is 0 Å². The van der Waals surface area contributed by atoms with Crippen molar-refractivity contribution in [2.45, 2.75) is 47.0 Å². The van der Waals surface area contributed by atoms with E-state index >= 15 is 0 Å². The third kappa shape index (κ3) is 5.46. The Morgan fingerprint density at radius 2 is 1.63 bits per heavy atom. The van der Waals surface area contributed by atoms with Crippen LogP contribution in [-0.4, -0.2) is 12.9 Å². The average Bonchev–Trinajstić information content (AvgIpc) is 2.62. The molecule has 2 aromatic carbocycles. The second-order valence-corrected chi connectivity index (χ2v) is 8.26. The largest absolute Gasteiger partial charge is 0.501 e. The molecule has 27 heavy (non-hydrogen) atoms. The number of ketones is 1. The second kappa shape index (κ2) is 8.75. The zero-order valence-electron chi connectivity index (χ0n) is 17.0. The number of carbonyl (C=O) groups is 1. The zero-order chi connectivity index (χ0) is 20.2. The van der Waals surface area contributed by atoms with Gasteiger partial charge in [0.05, 0.1) is 12.9 Å². The molecule has 144 valence electrons. The molecule has 0 aliphatic carbocycles. The van der Waals surface area contributed by atoms with E-state index in [1.165, 1.54) is 0 Å². The maximum absolute atomic E-state index is 12.6. The Morgan fingerprint density at radius 1 is 1.07 bits per heavy atom. The molecule has 0 spiro atoms. The smallest absolute Gasteiger partial charge is 0.137 e. The number of rotatable bonds is 8. The van der Waals surface area contributed by atoms with E-state index in [0.29, 0.717) is 12.8 Å². The molecule has 0 bridgehead atoms. The lowest BCUT2D eigenvalue weighted by Gasteiger charge is -2.25. The lowest BCUT2D eigenvalue weighted by molar-refractivity contribution is -0.119. The van der Waals surface area contributed by atoms with Crippen molar-refractivity contribution in [3.05, 3.63) is 70.4 Å². The zero-order valence-corrected chi connectivity index (χ0v) is 17.7. The number of hydrogen-bond acceptors (Lipinski definition) is 2. The summed E-state index contributed by atoms with van der Waals surface area (Å²) >= 11 is 5.98. The topological polar surface area (TPSA) is 26.3 Å². The van der Waals surface area contributed by atoms with E-state index in [2.05, 4.69) is 46.4 Å². The molecule has 2 rings (SSSR count). The van der Waals surface area contributed by atoms with E-state index in [4.69, 9.17) is 16.3 Å². The van der Waals surface area contributed by atoms with Crippen molar-refractivity contribution in [2.75, 3.05) is 7.11 Å². The van der Waals surface area contributed by atoms with Crippen molar-refractivity contribution in [2.24, 2.45) is 5.41 Å². The van der Waals surface area contributed by atoms with Gasteiger partial charge >= 0.3 is 0 Å². The molecule has 0 atom stereocenters. The van der Waals surface area contributed by atoms with Crippen LogP contribution in [-0.2, 0) is 16.0 Å². The fraction of sp³-hybridized carbons (Fsp3) is 0.375. The molecule has 0 N–H and O–H groups in total. The maximum atomic E-state index is 12.6. The lowest BCUT2D eigenvalue weighted by Crippen LogP contribution is -2.18. The molecule has 0 heterocycles. The average molecular weight is 385 g/mol. The first kappa shape index (κ1) is 21.2. The van der Waals surface area contributed by atoms with Gasteiger partial charge in [-0.1, -0.05) is 56.3 Å². The molecule has 0 saturated heterocycles. The highest BCUT2D eigenvalue weighted by molar-refractivity contribution is 6.30. The van der Waals surface area contributed by atoms with Crippen LogP contribution in [0.2, 0.25) is 5.02 Å². The Labute approximate surface area is 168 Å². The van der Waals surface area contributed by atoms with Gasteiger partial charge < -0.3 is 4.74 Å². The standard InChI is InChI=1S/C24H29ClO2/c1-16-13-20(19-7-9-21(25)10-8-19)14-17(2)23(16)15-22(26)11-12-24(4,5)18(3)27-6/h7-10,13-14H,3,11-12,15H2,1-2,4-6H3. The van der Waals surface area contributed by atoms with Crippen molar-refractivity contribution in [1.29, 1.82) is 0 Å². The summed E-state index contributed by atoms with van der Waals surface area (Å²) in [4.78, 5) is 12.6. The van der Waals surface area contributed by atoms with Gasteiger partial charge in [0.15, 0.2) is 0 Å². The van der Waals surface area contributed by atoms with Crippen LogP contribution in [0.25, 0.3) is 11.1 Å². The van der Waals surface area contributed by atoms with Gasteiger partial charge in [-0.25, -0.2) is 0 Å². The number of allylic oxidation sites excluding steroid dienone is 1. The predicted octanol–water partition coefficient (Wildman–Crippen LogP) is 6.70. The Balaban J connectivity index is 2.12. The third-order valence-electron chi connectivity index (χ3n) is 5.28. The summed E-state index contributed by atoms with van der Waals surface area (Å²) in [5.41, 5.74) is 5.50. The van der Waals surface area contributed by atoms with Crippen LogP contribution >= 0.6 is 11.6 Å². The fourth-order valence-electron chi connectivity index (χ4n) is 3.23. The second-order valence-electron chi connectivity index (χ2n) is 7.82. The molecule has 0 unspecified atom stereocenters. The highest BCUT2D eigenvalue weighted by atomic mass is 35.5. The first-order valence-electron chi connectivity index (χ1n) is 9.25. The van der Waals surface area contributed by atoms with Crippen molar-refractivity contribution < 1.29 is 9.53 Å². The van der Waals surface area contributed by atoms with Crippen LogP contribution in [0.5, 0.6) is 0 Å². The van der Waals surface area contributed by atoms with Gasteiger partial charge in [0.25, 0.3) is 0 Å². The minimum Gasteiger partial charge on any atom is -0.501 e. The van der Waals surface area contributed by atoms with Crippen LogP contribution < -0.4 is 0 Å². The van der Waals surface area contributed by atoms with Crippen molar-refractivity contribution in [3.8, 4) is 11.1 Å². The van der Waals surface area contributed by atoms with Gasteiger partial charge in [0, 0.05) is 23.3 Å². The number of Topliss-reactive ketones (excluding diaryl/α,β-unsaturated/α-hetero) is 1. The molecule has 0 aliphatic heterocycles. The molecule has 3 heteroatoms. The fourth-order valence-corrected chi connectivity index (χ4v) is 3.36. The van der Waals surface area contributed by atoms with Crippen LogP contribution in [0.15, 0.2) is 48.7 Å². The van der Waals surface area contributed by atoms with Gasteiger partial charge in [-0.05, 0) is 60.2 Å². The number of ether oxygens (including phenoxy) is 1. The van der Waals surface area contributed by atoms with Crippen LogP contribution in [0.4, 0.5) is 0 Å². The molecule has 2 nitrogen and oxygen atoms in total. The summed E-state index contributed by atoms with van der Waals surface area (Å²) in [5, 5.41) is 0.730. The van der Waals surface area contributed by atoms with Gasteiger partial charge in [-0.2, -0.15) is 0 Å². The van der Waals surface area contributed by atoms with E-state index in [1.54, 1.807) is 7.11 Å². The lowest BCUT2D eigenvalue weighted by atomic mass is 9.84. The summed E-state index contributed by atoms with van der Waals surface area (Å²) in [6.07, 6.45) is 1.72. The van der Waals surface area contributed by atoms with E-state index in [0.717, 1.165) is 45.0 Å². The predicted molar refractivity (Wildman–Crippen MR) is 114 cm³/mol. The number of benzene rings is 2. The van der Waals surface area contributed by atoms with Crippen LogP contribution in [0, 0.1) is 19.3 Å². The Kier molecular flexibility index (Phi) is 6.89. The van der Waals surface area contributed by atoms with Gasteiger partial charge in [-0.15, -0.1) is 0 Å². The molecular formula is C24H29ClO2. The van der Waals surface area contributed by atoms with Crippen molar-refractivity contribution in [3.63, 3.8) is 0 Å². The minimum absolute atomic E-state index is 0.201. The Hall–Kier alpha value is -2.06. The molecule has 0 aromatic heterocycles. The van der Waals surface area contributed by atoms with Gasteiger partial charge in [0.1, 0.15) is 5.78 Å². The van der Waals surface area contributed by atoms with E-state index in [-0.39, 0.29) is 11.2 Å². The Morgan fingerprint density at radius 3 is 2.15 bits per heavy atom. The van der Waals surface area contributed by atoms with Crippen molar-refractivity contribution in [1.82, 2.24) is 0 Å². The summed E-state index contributed by atoms with van der Waals surface area (Å²) in [5.74, 6) is 0.965. The van der Waals surface area contributed by atoms with Crippen LogP contribution in [0.3, 0.4) is 0 Å². The van der Waals surface area contributed by atoms with Gasteiger partial charge in [-0.3, -0.25) is 4.79 Å².